The number of amides is 1. The van der Waals surface area contributed by atoms with Gasteiger partial charge in [-0.2, -0.15) is 0 Å². The number of halogens is 1. The molecule has 11 nitrogen and oxygen atoms in total. The van der Waals surface area contributed by atoms with Crippen molar-refractivity contribution in [2.45, 2.75) is 11.8 Å². The predicted octanol–water partition coefficient (Wildman–Crippen LogP) is 5.69. The molecule has 0 saturated carbocycles. The Balaban J connectivity index is 1.38. The zero-order valence-electron chi connectivity index (χ0n) is 24.0. The fourth-order valence-electron chi connectivity index (χ4n) is 4.25. The molecule has 226 valence electrons. The Morgan fingerprint density at radius 3 is 2.16 bits per heavy atom. The summed E-state index contributed by atoms with van der Waals surface area (Å²) in [5.41, 5.74) is 2.70. The lowest BCUT2D eigenvalue weighted by Crippen LogP contribution is -2.22. The Hall–Kier alpha value is -5.43. The molecule has 0 saturated heterocycles. The number of carbonyl (C=O) groups excluding carboxylic acids is 1. The summed E-state index contributed by atoms with van der Waals surface area (Å²) in [5.74, 6) is 0.147. The largest absolute Gasteiger partial charge is 0.497 e. The normalized spacial score (nSPS) is 11.1. The van der Waals surface area contributed by atoms with Crippen LogP contribution in [0.4, 0.5) is 33.1 Å². The van der Waals surface area contributed by atoms with Gasteiger partial charge in [-0.05, 0) is 55.0 Å². The van der Waals surface area contributed by atoms with Gasteiger partial charge in [-0.1, -0.05) is 24.3 Å². The van der Waals surface area contributed by atoms with E-state index in [0.717, 1.165) is 5.56 Å². The summed E-state index contributed by atoms with van der Waals surface area (Å²) in [6, 6.07) is 22.5. The molecular weight excluding hydrogens is 587 g/mol. The van der Waals surface area contributed by atoms with Gasteiger partial charge in [0.05, 0.1) is 42.4 Å². The van der Waals surface area contributed by atoms with Crippen LogP contribution >= 0.6 is 0 Å². The van der Waals surface area contributed by atoms with Crippen LogP contribution in [0.1, 0.15) is 5.56 Å². The van der Waals surface area contributed by atoms with Gasteiger partial charge >= 0.3 is 0 Å². The molecular formula is C31H29FN6O5S. The third kappa shape index (κ3) is 7.13. The number of hydrogen-bond acceptors (Lipinski definition) is 9. The fraction of sp³-hybridized carbons (Fsp3) is 0.129. The number of carbonyl (C=O) groups is 1. The number of aromatic nitrogens is 2. The summed E-state index contributed by atoms with van der Waals surface area (Å²) in [6.45, 7) is 1.53. The number of para-hydroxylation sites is 2. The number of aryl methyl sites for hydroxylation is 1. The summed E-state index contributed by atoms with van der Waals surface area (Å²) in [7, 11) is -1.17. The first-order valence-corrected chi connectivity index (χ1v) is 14.8. The van der Waals surface area contributed by atoms with Gasteiger partial charge in [-0.3, -0.25) is 9.52 Å². The summed E-state index contributed by atoms with van der Waals surface area (Å²) >= 11 is 0. The van der Waals surface area contributed by atoms with Crippen LogP contribution in [0.15, 0.2) is 89.8 Å². The van der Waals surface area contributed by atoms with E-state index < -0.39 is 21.7 Å². The SMILES string of the molecule is COc1cc(Nc2nc3ccccc3nc2NS(=O)(=O)c2cccc(NC(=O)CNc3ccc(C)cc3F)c2)cc(OC)c1. The summed E-state index contributed by atoms with van der Waals surface area (Å²) < 4.78 is 54.4. The van der Waals surface area contributed by atoms with Crippen LogP contribution in [0, 0.1) is 12.7 Å². The average Bonchev–Trinajstić information content (AvgIpc) is 3.00. The van der Waals surface area contributed by atoms with Crippen molar-refractivity contribution in [3.05, 3.63) is 96.3 Å². The number of fused-ring (bicyclic) bond motifs is 1. The molecule has 0 bridgehead atoms. The lowest BCUT2D eigenvalue weighted by molar-refractivity contribution is -0.114. The number of nitrogens with one attached hydrogen (secondary N) is 4. The van der Waals surface area contributed by atoms with E-state index in [2.05, 4.69) is 30.6 Å². The molecule has 0 aliphatic rings. The lowest BCUT2D eigenvalue weighted by atomic mass is 10.2. The van der Waals surface area contributed by atoms with Crippen LogP contribution < -0.4 is 30.1 Å². The van der Waals surface area contributed by atoms with E-state index in [4.69, 9.17) is 9.47 Å². The van der Waals surface area contributed by atoms with Gasteiger partial charge in [-0.25, -0.2) is 22.8 Å². The minimum Gasteiger partial charge on any atom is -0.497 e. The van der Waals surface area contributed by atoms with Gasteiger partial charge in [-0.15, -0.1) is 0 Å². The predicted molar refractivity (Wildman–Crippen MR) is 168 cm³/mol. The second-order valence-corrected chi connectivity index (χ2v) is 11.3. The monoisotopic (exact) mass is 616 g/mol. The van der Waals surface area contributed by atoms with Gasteiger partial charge in [0.15, 0.2) is 11.6 Å². The number of sulfonamides is 1. The molecule has 0 aliphatic heterocycles. The first-order chi connectivity index (χ1) is 21.1. The van der Waals surface area contributed by atoms with Crippen molar-refractivity contribution < 1.29 is 27.1 Å². The molecule has 4 aromatic carbocycles. The van der Waals surface area contributed by atoms with Gasteiger partial charge in [0, 0.05) is 29.6 Å². The maximum Gasteiger partial charge on any atom is 0.263 e. The van der Waals surface area contributed by atoms with Crippen molar-refractivity contribution in [3.8, 4) is 11.5 Å². The first kappa shape index (κ1) is 30.0. The molecule has 44 heavy (non-hydrogen) atoms. The minimum absolute atomic E-state index is 0.0516. The molecule has 13 heteroatoms. The fourth-order valence-corrected chi connectivity index (χ4v) is 5.30. The number of anilines is 5. The van der Waals surface area contributed by atoms with E-state index in [1.165, 1.54) is 38.5 Å². The minimum atomic E-state index is -4.20. The standard InChI is InChI=1S/C31H29FN6O5S/c1-19-11-12-26(25(32)13-19)33-18-29(39)34-20-7-6-8-24(16-20)44(40,41)38-31-30(36-27-9-4-5-10-28(27)37-31)35-21-14-22(42-2)17-23(15-21)43-3/h4-17,33H,18H2,1-3H3,(H,34,39)(H,35,36)(H,37,38). The number of hydrogen-bond donors (Lipinski definition) is 4. The Bertz CT molecular complexity index is 1930. The zero-order valence-corrected chi connectivity index (χ0v) is 24.8. The summed E-state index contributed by atoms with van der Waals surface area (Å²) in [4.78, 5) is 21.5. The summed E-state index contributed by atoms with van der Waals surface area (Å²) in [6.07, 6.45) is 0. The van der Waals surface area contributed by atoms with Gasteiger partial charge in [0.2, 0.25) is 5.91 Å². The van der Waals surface area contributed by atoms with Crippen molar-refractivity contribution in [1.82, 2.24) is 9.97 Å². The second kappa shape index (κ2) is 12.8. The highest BCUT2D eigenvalue weighted by molar-refractivity contribution is 7.92. The smallest absolute Gasteiger partial charge is 0.263 e. The van der Waals surface area contributed by atoms with Crippen LogP contribution in [-0.2, 0) is 14.8 Å². The van der Waals surface area contributed by atoms with E-state index in [-0.39, 0.29) is 34.5 Å². The number of methoxy groups -OCH3 is 2. The molecule has 0 aliphatic carbocycles. The van der Waals surface area contributed by atoms with E-state index in [0.29, 0.717) is 28.2 Å². The van der Waals surface area contributed by atoms with E-state index in [1.54, 1.807) is 67.6 Å². The van der Waals surface area contributed by atoms with Crippen LogP contribution in [0.5, 0.6) is 11.5 Å². The van der Waals surface area contributed by atoms with Crippen LogP contribution in [-0.4, -0.2) is 45.1 Å². The van der Waals surface area contributed by atoms with Crippen molar-refractivity contribution >= 4 is 55.7 Å². The highest BCUT2D eigenvalue weighted by Gasteiger charge is 2.20. The van der Waals surface area contributed by atoms with Crippen LogP contribution in [0.25, 0.3) is 11.0 Å². The molecule has 4 N–H and O–H groups in total. The second-order valence-electron chi connectivity index (χ2n) is 9.65. The van der Waals surface area contributed by atoms with Crippen molar-refractivity contribution in [3.63, 3.8) is 0 Å². The Labute approximate surface area is 253 Å². The van der Waals surface area contributed by atoms with Crippen molar-refractivity contribution in [2.75, 3.05) is 41.4 Å². The van der Waals surface area contributed by atoms with E-state index >= 15 is 0 Å². The molecule has 5 aromatic rings. The maximum atomic E-state index is 14.1. The molecule has 1 amide bonds. The van der Waals surface area contributed by atoms with Crippen LogP contribution in [0.2, 0.25) is 0 Å². The third-order valence-corrected chi connectivity index (χ3v) is 7.74. The van der Waals surface area contributed by atoms with Crippen molar-refractivity contribution in [1.29, 1.82) is 0 Å². The number of nitrogens with zero attached hydrogens (tertiary/aromatic N) is 2. The Kier molecular flexibility index (Phi) is 8.76. The number of rotatable bonds is 11. The zero-order chi connectivity index (χ0) is 31.3. The topological polar surface area (TPSA) is 144 Å². The molecule has 0 unspecified atom stereocenters. The summed E-state index contributed by atoms with van der Waals surface area (Å²) in [5, 5.41) is 8.48. The molecule has 0 radical (unpaired) electrons. The van der Waals surface area contributed by atoms with Crippen LogP contribution in [0.3, 0.4) is 0 Å². The van der Waals surface area contributed by atoms with Gasteiger partial charge in [0.25, 0.3) is 10.0 Å². The molecule has 1 aromatic heterocycles. The highest BCUT2D eigenvalue weighted by Crippen LogP contribution is 2.31. The van der Waals surface area contributed by atoms with E-state index in [9.17, 15) is 17.6 Å². The molecule has 5 rings (SSSR count). The Morgan fingerprint density at radius 1 is 0.818 bits per heavy atom. The molecule has 0 fully saturated rings. The number of ether oxygens (including phenoxy) is 2. The number of benzene rings is 4. The quantitative estimate of drug-likeness (QED) is 0.147. The highest BCUT2D eigenvalue weighted by atomic mass is 32.2. The molecule has 0 atom stereocenters. The van der Waals surface area contributed by atoms with Gasteiger partial charge < -0.3 is 25.4 Å². The lowest BCUT2D eigenvalue weighted by Gasteiger charge is -2.15. The van der Waals surface area contributed by atoms with Crippen molar-refractivity contribution in [2.24, 2.45) is 0 Å². The van der Waals surface area contributed by atoms with E-state index in [1.807, 2.05) is 0 Å². The first-order valence-electron chi connectivity index (χ1n) is 13.3. The Morgan fingerprint density at radius 2 is 1.50 bits per heavy atom. The third-order valence-electron chi connectivity index (χ3n) is 6.41. The molecule has 1 heterocycles. The maximum absolute atomic E-state index is 14.1. The molecule has 0 spiro atoms. The average molecular weight is 617 g/mol. The van der Waals surface area contributed by atoms with Gasteiger partial charge in [0.1, 0.15) is 17.3 Å².